The number of ketones is 1. The van der Waals surface area contributed by atoms with Gasteiger partial charge in [-0.25, -0.2) is 4.79 Å². The van der Waals surface area contributed by atoms with Gasteiger partial charge in [-0.15, -0.1) is 0 Å². The van der Waals surface area contributed by atoms with Crippen molar-refractivity contribution in [3.63, 3.8) is 0 Å². The summed E-state index contributed by atoms with van der Waals surface area (Å²) in [7, 11) is 0. The highest BCUT2D eigenvalue weighted by Crippen LogP contribution is 2.49. The van der Waals surface area contributed by atoms with Crippen LogP contribution in [0.15, 0.2) is 65.3 Å². The minimum Gasteiger partial charge on any atom is -0.459 e. The van der Waals surface area contributed by atoms with Crippen LogP contribution in [0.25, 0.3) is 10.8 Å². The molecule has 1 heterocycles. The molecule has 1 unspecified atom stereocenters. The van der Waals surface area contributed by atoms with E-state index in [-0.39, 0.29) is 28.8 Å². The van der Waals surface area contributed by atoms with Crippen molar-refractivity contribution in [2.75, 3.05) is 0 Å². The number of rotatable bonds is 3. The predicted molar refractivity (Wildman–Crippen MR) is 115 cm³/mol. The first-order valence-corrected chi connectivity index (χ1v) is 10.3. The molecule has 2 aromatic rings. The molecule has 0 spiro atoms. The zero-order chi connectivity index (χ0) is 21.6. The standard InChI is InChI=1S/C25H27NO4/c1-14(2)29-24(28)22-20(17-11-7-9-15-8-5-6-10-16(15)17)21-18(27)12-25(3,4)13-19(21)30-23(22)26/h5-11,14,20H,12-13,26H2,1-4H3. The second-order valence-corrected chi connectivity index (χ2v) is 9.11. The lowest BCUT2D eigenvalue weighted by molar-refractivity contribution is -0.143. The normalized spacial score (nSPS) is 21.0. The van der Waals surface area contributed by atoms with Crippen LogP contribution in [0.4, 0.5) is 0 Å². The number of fused-ring (bicyclic) bond motifs is 1. The van der Waals surface area contributed by atoms with E-state index < -0.39 is 11.9 Å². The van der Waals surface area contributed by atoms with Gasteiger partial charge >= 0.3 is 5.97 Å². The highest BCUT2D eigenvalue weighted by molar-refractivity contribution is 6.05. The predicted octanol–water partition coefficient (Wildman–Crippen LogP) is 4.72. The minimum absolute atomic E-state index is 0.0125. The fraction of sp³-hybridized carbons (Fsp3) is 0.360. The van der Waals surface area contributed by atoms with Crippen LogP contribution in [-0.2, 0) is 19.1 Å². The fourth-order valence-corrected chi connectivity index (χ4v) is 4.47. The van der Waals surface area contributed by atoms with E-state index in [1.54, 1.807) is 13.8 Å². The smallest absolute Gasteiger partial charge is 0.340 e. The zero-order valence-corrected chi connectivity index (χ0v) is 17.8. The quantitative estimate of drug-likeness (QED) is 0.748. The van der Waals surface area contributed by atoms with Crippen LogP contribution in [0, 0.1) is 5.41 Å². The Bertz CT molecular complexity index is 1100. The number of benzene rings is 2. The van der Waals surface area contributed by atoms with E-state index in [0.717, 1.165) is 16.3 Å². The first-order valence-electron chi connectivity index (χ1n) is 10.3. The largest absolute Gasteiger partial charge is 0.459 e. The molecular formula is C25H27NO4. The van der Waals surface area contributed by atoms with Crippen molar-refractivity contribution >= 4 is 22.5 Å². The third kappa shape index (κ3) is 3.49. The van der Waals surface area contributed by atoms with Crippen LogP contribution < -0.4 is 5.73 Å². The van der Waals surface area contributed by atoms with Gasteiger partial charge < -0.3 is 15.2 Å². The number of esters is 1. The molecule has 2 aromatic carbocycles. The van der Waals surface area contributed by atoms with Crippen molar-refractivity contribution in [2.45, 2.75) is 52.6 Å². The number of hydrogen-bond donors (Lipinski definition) is 1. The summed E-state index contributed by atoms with van der Waals surface area (Å²) in [5.74, 6) is -0.600. The molecular weight excluding hydrogens is 378 g/mol. The Labute approximate surface area is 176 Å². The lowest BCUT2D eigenvalue weighted by Gasteiger charge is -2.38. The summed E-state index contributed by atoms with van der Waals surface area (Å²) in [6.07, 6.45) is 0.660. The van der Waals surface area contributed by atoms with Crippen molar-refractivity contribution in [1.82, 2.24) is 0 Å². The molecule has 0 aromatic heterocycles. The Balaban J connectivity index is 1.96. The molecule has 2 aliphatic rings. The molecule has 5 heteroatoms. The van der Waals surface area contributed by atoms with Crippen LogP contribution >= 0.6 is 0 Å². The Morgan fingerprint density at radius 1 is 1.13 bits per heavy atom. The zero-order valence-electron chi connectivity index (χ0n) is 17.8. The van der Waals surface area contributed by atoms with E-state index in [1.807, 2.05) is 56.3 Å². The number of Topliss-reactive ketones (excluding diaryl/α,β-unsaturated/α-hetero) is 1. The molecule has 0 fully saturated rings. The van der Waals surface area contributed by atoms with Crippen molar-refractivity contribution in [3.8, 4) is 0 Å². The van der Waals surface area contributed by atoms with Gasteiger partial charge in [0.1, 0.15) is 11.3 Å². The van der Waals surface area contributed by atoms with Crippen molar-refractivity contribution < 1.29 is 19.1 Å². The van der Waals surface area contributed by atoms with Gasteiger partial charge in [-0.2, -0.15) is 0 Å². The monoisotopic (exact) mass is 405 g/mol. The first kappa shape index (κ1) is 20.2. The molecule has 1 atom stereocenters. The molecule has 4 rings (SSSR count). The van der Waals surface area contributed by atoms with Gasteiger partial charge in [-0.05, 0) is 35.6 Å². The molecule has 1 aliphatic heterocycles. The molecule has 0 amide bonds. The van der Waals surface area contributed by atoms with E-state index >= 15 is 0 Å². The summed E-state index contributed by atoms with van der Waals surface area (Å²) in [5, 5.41) is 2.00. The average molecular weight is 405 g/mol. The molecule has 0 bridgehead atoms. The molecule has 0 radical (unpaired) electrons. The third-order valence-electron chi connectivity index (χ3n) is 5.65. The number of carbonyl (C=O) groups excluding carboxylic acids is 2. The molecule has 0 saturated carbocycles. The molecule has 0 saturated heterocycles. The molecule has 1 aliphatic carbocycles. The van der Waals surface area contributed by atoms with Gasteiger partial charge in [0.2, 0.25) is 5.88 Å². The van der Waals surface area contributed by atoms with E-state index in [9.17, 15) is 9.59 Å². The number of ether oxygens (including phenoxy) is 2. The summed E-state index contributed by atoms with van der Waals surface area (Å²) in [5.41, 5.74) is 7.63. The van der Waals surface area contributed by atoms with Crippen molar-refractivity contribution in [1.29, 1.82) is 0 Å². The van der Waals surface area contributed by atoms with Crippen molar-refractivity contribution in [2.24, 2.45) is 11.1 Å². The Morgan fingerprint density at radius 2 is 1.83 bits per heavy atom. The SMILES string of the molecule is CC(C)OC(=O)C1=C(N)OC2=C(C(=O)CC(C)(C)C2)C1c1cccc2ccccc12. The van der Waals surface area contributed by atoms with Crippen LogP contribution in [0.2, 0.25) is 0 Å². The lowest BCUT2D eigenvalue weighted by Crippen LogP contribution is -2.36. The number of hydrogen-bond acceptors (Lipinski definition) is 5. The topological polar surface area (TPSA) is 78.6 Å². The van der Waals surface area contributed by atoms with Crippen LogP contribution in [0.5, 0.6) is 0 Å². The van der Waals surface area contributed by atoms with E-state index in [4.69, 9.17) is 15.2 Å². The number of carbonyl (C=O) groups is 2. The minimum atomic E-state index is -0.616. The summed E-state index contributed by atoms with van der Waals surface area (Å²) in [6.45, 7) is 7.63. The summed E-state index contributed by atoms with van der Waals surface area (Å²) >= 11 is 0. The third-order valence-corrected chi connectivity index (χ3v) is 5.65. The molecule has 2 N–H and O–H groups in total. The van der Waals surface area contributed by atoms with Gasteiger partial charge in [-0.1, -0.05) is 56.3 Å². The van der Waals surface area contributed by atoms with Gasteiger partial charge in [-0.3, -0.25) is 4.79 Å². The summed E-state index contributed by atoms with van der Waals surface area (Å²) in [4.78, 5) is 26.4. The maximum absolute atomic E-state index is 13.3. The summed E-state index contributed by atoms with van der Waals surface area (Å²) in [6, 6.07) is 13.8. The number of allylic oxidation sites excluding steroid dienone is 2. The molecule has 30 heavy (non-hydrogen) atoms. The summed E-state index contributed by atoms with van der Waals surface area (Å²) < 4.78 is 11.4. The van der Waals surface area contributed by atoms with E-state index in [0.29, 0.717) is 24.2 Å². The lowest BCUT2D eigenvalue weighted by atomic mass is 9.69. The Morgan fingerprint density at radius 3 is 2.57 bits per heavy atom. The first-order chi connectivity index (χ1) is 14.2. The second kappa shape index (κ2) is 7.31. The second-order valence-electron chi connectivity index (χ2n) is 9.11. The Kier molecular flexibility index (Phi) is 4.92. The van der Waals surface area contributed by atoms with Crippen LogP contribution in [0.1, 0.15) is 52.0 Å². The highest BCUT2D eigenvalue weighted by atomic mass is 16.5. The highest BCUT2D eigenvalue weighted by Gasteiger charge is 2.45. The van der Waals surface area contributed by atoms with Crippen LogP contribution in [-0.4, -0.2) is 17.9 Å². The average Bonchev–Trinajstić information content (AvgIpc) is 2.64. The Hall–Kier alpha value is -3.08. The maximum Gasteiger partial charge on any atom is 0.340 e. The van der Waals surface area contributed by atoms with Gasteiger partial charge in [0.05, 0.1) is 12.0 Å². The van der Waals surface area contributed by atoms with Crippen LogP contribution in [0.3, 0.4) is 0 Å². The fourth-order valence-electron chi connectivity index (χ4n) is 4.47. The molecule has 156 valence electrons. The van der Waals surface area contributed by atoms with Crippen molar-refractivity contribution in [3.05, 3.63) is 70.8 Å². The van der Waals surface area contributed by atoms with Gasteiger partial charge in [0, 0.05) is 18.4 Å². The van der Waals surface area contributed by atoms with Gasteiger partial charge in [0.25, 0.3) is 0 Å². The van der Waals surface area contributed by atoms with Gasteiger partial charge in [0.15, 0.2) is 5.78 Å². The van der Waals surface area contributed by atoms with E-state index in [1.165, 1.54) is 0 Å². The van der Waals surface area contributed by atoms with E-state index in [2.05, 4.69) is 0 Å². The number of nitrogens with two attached hydrogens (primary N) is 1. The molecule has 5 nitrogen and oxygen atoms in total. The maximum atomic E-state index is 13.3.